The molecule has 0 bridgehead atoms. The second-order valence-corrected chi connectivity index (χ2v) is 1.65. The van der Waals surface area contributed by atoms with Crippen molar-refractivity contribution in [2.24, 2.45) is 0 Å². The Balaban J connectivity index is -0.0000000720. The number of rotatable bonds is 0. The Hall–Kier alpha value is 0.709. The van der Waals surface area contributed by atoms with Crippen LogP contribution in [0.2, 0.25) is 0 Å². The van der Waals surface area contributed by atoms with Crippen molar-refractivity contribution in [1.29, 1.82) is 0 Å². The van der Waals surface area contributed by atoms with Crippen LogP contribution in [-0.4, -0.2) is 29.8 Å². The van der Waals surface area contributed by atoms with Gasteiger partial charge in [0.05, 0.1) is 0 Å². The Morgan fingerprint density at radius 2 is 1.67 bits per heavy atom. The van der Waals surface area contributed by atoms with Gasteiger partial charge in [0.25, 0.3) is 5.97 Å². The number of hydrogen-bond donors (Lipinski definition) is 2. The van der Waals surface area contributed by atoms with Crippen LogP contribution in [0.4, 0.5) is 0 Å². The molecule has 9 heavy (non-hydrogen) atoms. The van der Waals surface area contributed by atoms with Crippen molar-refractivity contribution in [3.05, 3.63) is 0 Å². The normalized spacial score (nSPS) is 9.67. The third kappa shape index (κ3) is 779. The predicted molar refractivity (Wildman–Crippen MR) is 22.0 cm³/mol. The van der Waals surface area contributed by atoms with Gasteiger partial charge in [0.1, 0.15) is 0 Å². The molecule has 7 heteroatoms. The minimum Gasteiger partial charge on any atom is 1.00 e. The van der Waals surface area contributed by atoms with E-state index in [-0.39, 0.29) is 29.6 Å². The van der Waals surface area contributed by atoms with Crippen LogP contribution in [0, 0.1) is 0 Å². The number of hydrogen-bond acceptors (Lipinski definition) is 3. The van der Waals surface area contributed by atoms with E-state index in [1.54, 1.807) is 0 Å². The molecule has 0 aliphatic carbocycles. The molecule has 0 heterocycles. The fourth-order valence-electron chi connectivity index (χ4n) is 0. The Morgan fingerprint density at radius 3 is 1.67 bits per heavy atom. The Bertz CT molecular complexity index is 73.0. The van der Waals surface area contributed by atoms with Crippen LogP contribution in [0.3, 0.4) is 0 Å². The maximum Gasteiger partial charge on any atom is 1.00 e. The third-order valence-corrected chi connectivity index (χ3v) is 0. The summed E-state index contributed by atoms with van der Waals surface area (Å²) >= 11 is -3.54. The van der Waals surface area contributed by atoms with E-state index < -0.39 is 20.5 Å². The second kappa shape index (κ2) is 11.5. The van der Waals surface area contributed by atoms with Crippen molar-refractivity contribution in [3.8, 4) is 0 Å². The van der Waals surface area contributed by atoms with Crippen LogP contribution < -0.4 is 33.7 Å². The summed E-state index contributed by atoms with van der Waals surface area (Å²) in [5, 5.41) is 7.42. The van der Waals surface area contributed by atoms with E-state index in [1.807, 2.05) is 0 Å². The van der Waals surface area contributed by atoms with Crippen molar-refractivity contribution >= 4 is 20.5 Å². The van der Waals surface area contributed by atoms with Gasteiger partial charge < -0.3 is 5.11 Å². The molecule has 0 aromatic carbocycles. The predicted octanol–water partition coefficient (Wildman–Crippen LogP) is -5.15. The van der Waals surface area contributed by atoms with Gasteiger partial charge in [0.2, 0.25) is 0 Å². The van der Waals surface area contributed by atoms with Crippen LogP contribution in [0.15, 0.2) is 0 Å². The van der Waals surface area contributed by atoms with Gasteiger partial charge in [0.15, 0.2) is 0 Å². The van der Waals surface area contributed by atoms with E-state index in [2.05, 4.69) is 0 Å². The van der Waals surface area contributed by atoms with Crippen LogP contribution in [0.5, 0.6) is 0 Å². The molecule has 0 aliphatic rings. The van der Waals surface area contributed by atoms with Crippen molar-refractivity contribution in [2.75, 3.05) is 0 Å². The molecule has 0 saturated heterocycles. The number of carboxylic acid groups (broad SMARTS) is 1. The molecule has 1 atom stereocenters. The molecule has 0 amide bonds. The summed E-state index contributed by atoms with van der Waals surface area (Å²) in [4.78, 5) is 9.00. The maximum atomic E-state index is 9.00. The molecular formula is C2H5NaO5Se. The van der Waals surface area contributed by atoms with Gasteiger partial charge in [-0.15, -0.1) is 0 Å². The molecule has 0 spiro atoms. The summed E-state index contributed by atoms with van der Waals surface area (Å²) in [7, 11) is 0. The largest absolute Gasteiger partial charge is 1.00 e. The van der Waals surface area contributed by atoms with Crippen LogP contribution >= 0.6 is 0 Å². The maximum absolute atomic E-state index is 9.00. The van der Waals surface area contributed by atoms with E-state index in [9.17, 15) is 0 Å². The first kappa shape index (κ1) is 16.4. The van der Waals surface area contributed by atoms with Crippen molar-refractivity contribution < 1.29 is 51.7 Å². The Morgan fingerprint density at radius 1 is 1.67 bits per heavy atom. The van der Waals surface area contributed by atoms with Gasteiger partial charge in [-0.05, 0) is 0 Å². The van der Waals surface area contributed by atoms with Gasteiger partial charge in [-0.2, -0.15) is 0 Å². The molecular weight excluding hydrogens is 206 g/mol. The quantitative estimate of drug-likeness (QED) is 0.390. The van der Waals surface area contributed by atoms with E-state index >= 15 is 0 Å². The van der Waals surface area contributed by atoms with Crippen LogP contribution in [0.1, 0.15) is 6.92 Å². The standard InChI is InChI=1S/C2H4O2.Na.H2O3Se/c1-2(3)4;;1-4(2)3/h1H3,(H,3,4);;(H2,1,2,3)/q;+1;/p-1. The second-order valence-electron chi connectivity index (χ2n) is 0.736. The summed E-state index contributed by atoms with van der Waals surface area (Å²) in [6.07, 6.45) is 0. The zero-order chi connectivity index (χ0) is 7.15. The molecule has 2 N–H and O–H groups in total. The van der Waals surface area contributed by atoms with Crippen LogP contribution in [-0.2, 0) is 8.63 Å². The van der Waals surface area contributed by atoms with Gasteiger partial charge in [-0.25, -0.2) is 0 Å². The zero-order valence-corrected chi connectivity index (χ0v) is 8.74. The molecule has 0 rings (SSSR count). The molecule has 50 valence electrons. The third-order valence-electron chi connectivity index (χ3n) is 0. The summed E-state index contributed by atoms with van der Waals surface area (Å²) < 4.78 is 24.4. The number of carboxylic acids is 1. The molecule has 0 aromatic rings. The fourth-order valence-corrected chi connectivity index (χ4v) is 0. The molecule has 0 radical (unpaired) electrons. The van der Waals surface area contributed by atoms with Gasteiger partial charge >= 0.3 is 56.3 Å². The SMILES string of the molecule is CC(=O)O.O=[Se]([O-])O.[Na+]. The van der Waals surface area contributed by atoms with Gasteiger partial charge in [-0.3, -0.25) is 4.79 Å². The smallest absolute Gasteiger partial charge is 1.00 e. The number of aliphatic carboxylic acids is 1. The zero-order valence-electron chi connectivity index (χ0n) is 5.03. The first-order valence-corrected chi connectivity index (χ1v) is 3.61. The topological polar surface area (TPSA) is 97.7 Å². The minimum atomic E-state index is -3.54. The first-order chi connectivity index (χ1) is 3.46. The summed E-state index contributed by atoms with van der Waals surface area (Å²) in [6.45, 7) is 1.08. The van der Waals surface area contributed by atoms with E-state index in [4.69, 9.17) is 22.1 Å². The molecule has 1 unspecified atom stereocenters. The average molecular weight is 211 g/mol. The summed E-state index contributed by atoms with van der Waals surface area (Å²) in [5.41, 5.74) is 0. The summed E-state index contributed by atoms with van der Waals surface area (Å²) in [5.74, 6) is -0.833. The van der Waals surface area contributed by atoms with Crippen LogP contribution in [0.25, 0.3) is 0 Å². The number of carbonyl (C=O) groups is 1. The van der Waals surface area contributed by atoms with E-state index in [0.717, 1.165) is 6.92 Å². The molecule has 5 nitrogen and oxygen atoms in total. The molecule has 0 fully saturated rings. The summed E-state index contributed by atoms with van der Waals surface area (Å²) in [6, 6.07) is 0. The fraction of sp³-hybridized carbons (Fsp3) is 0.500. The average Bonchev–Trinajstić information content (AvgIpc) is 1.25. The molecule has 0 saturated carbocycles. The monoisotopic (exact) mass is 212 g/mol. The van der Waals surface area contributed by atoms with E-state index in [1.165, 1.54) is 0 Å². The van der Waals surface area contributed by atoms with Crippen molar-refractivity contribution in [3.63, 3.8) is 0 Å². The van der Waals surface area contributed by atoms with Crippen molar-refractivity contribution in [1.82, 2.24) is 0 Å². The van der Waals surface area contributed by atoms with E-state index in [0.29, 0.717) is 0 Å². The first-order valence-electron chi connectivity index (χ1n) is 1.44. The molecule has 0 aliphatic heterocycles. The van der Waals surface area contributed by atoms with Crippen molar-refractivity contribution in [2.45, 2.75) is 6.92 Å². The van der Waals surface area contributed by atoms with Gasteiger partial charge in [0, 0.05) is 6.92 Å². The Labute approximate surface area is 78.7 Å². The van der Waals surface area contributed by atoms with Gasteiger partial charge in [-0.1, -0.05) is 0 Å². The molecule has 0 aromatic heterocycles. The minimum absolute atomic E-state index is 0. The Kier molecular flexibility index (Phi) is 20.9.